The third kappa shape index (κ3) is 1.75. The summed E-state index contributed by atoms with van der Waals surface area (Å²) in [6.45, 7) is 3.38. The monoisotopic (exact) mass is 237 g/mol. The Labute approximate surface area is 96.7 Å². The lowest BCUT2D eigenvalue weighted by Gasteiger charge is -2.32. The molecule has 0 bridgehead atoms. The highest BCUT2D eigenvalue weighted by Gasteiger charge is 2.35. The Morgan fingerprint density at radius 1 is 1.47 bits per heavy atom. The summed E-state index contributed by atoms with van der Waals surface area (Å²) in [5.41, 5.74) is 5.50. The van der Waals surface area contributed by atoms with Crippen molar-refractivity contribution in [3.8, 4) is 0 Å². The molecular formula is C10H11N3O4. The van der Waals surface area contributed by atoms with Gasteiger partial charge in [0.1, 0.15) is 11.3 Å². The Morgan fingerprint density at radius 2 is 2.12 bits per heavy atom. The number of cyclic esters (lactones) is 1. The van der Waals surface area contributed by atoms with Gasteiger partial charge >= 0.3 is 6.09 Å². The van der Waals surface area contributed by atoms with Crippen molar-refractivity contribution in [3.05, 3.63) is 27.8 Å². The molecule has 1 heterocycles. The van der Waals surface area contributed by atoms with Crippen LogP contribution in [0.4, 0.5) is 21.9 Å². The summed E-state index contributed by atoms with van der Waals surface area (Å²) in [6.07, 6.45) is -0.637. The van der Waals surface area contributed by atoms with Crippen molar-refractivity contribution in [3.63, 3.8) is 0 Å². The van der Waals surface area contributed by atoms with Crippen LogP contribution in [0, 0.1) is 10.1 Å². The van der Waals surface area contributed by atoms with E-state index in [1.54, 1.807) is 13.8 Å². The van der Waals surface area contributed by atoms with Gasteiger partial charge in [-0.1, -0.05) is 0 Å². The number of rotatable bonds is 1. The molecule has 0 saturated carbocycles. The van der Waals surface area contributed by atoms with E-state index in [1.807, 2.05) is 0 Å². The van der Waals surface area contributed by atoms with Crippen molar-refractivity contribution in [1.82, 2.24) is 0 Å². The molecule has 2 rings (SSSR count). The molecule has 17 heavy (non-hydrogen) atoms. The molecule has 0 unspecified atom stereocenters. The summed E-state index contributed by atoms with van der Waals surface area (Å²) >= 11 is 0. The predicted octanol–water partition coefficient (Wildman–Crippen LogP) is 1.97. The number of ether oxygens (including phenoxy) is 1. The molecule has 1 aliphatic heterocycles. The van der Waals surface area contributed by atoms with Gasteiger partial charge in [0, 0.05) is 11.6 Å². The highest BCUT2D eigenvalue weighted by atomic mass is 16.6. The number of carbonyl (C=O) groups is 1. The van der Waals surface area contributed by atoms with Crippen molar-refractivity contribution in [2.45, 2.75) is 19.4 Å². The predicted molar refractivity (Wildman–Crippen MR) is 60.6 cm³/mol. The van der Waals surface area contributed by atoms with Gasteiger partial charge in [0.05, 0.1) is 10.6 Å². The zero-order valence-electron chi connectivity index (χ0n) is 9.31. The molecule has 3 N–H and O–H groups in total. The fourth-order valence-electron chi connectivity index (χ4n) is 1.79. The number of hydrogen-bond acceptors (Lipinski definition) is 5. The average Bonchev–Trinajstić information content (AvgIpc) is 2.17. The number of nitrogen functional groups attached to an aromatic ring is 1. The van der Waals surface area contributed by atoms with E-state index in [0.717, 1.165) is 0 Å². The van der Waals surface area contributed by atoms with Gasteiger partial charge < -0.3 is 10.5 Å². The SMILES string of the molecule is CC1(C)OC(=O)Nc2cc([N+](=O)[O-])c(N)cc21. The zero-order valence-corrected chi connectivity index (χ0v) is 9.31. The van der Waals surface area contributed by atoms with Crippen molar-refractivity contribution < 1.29 is 14.5 Å². The van der Waals surface area contributed by atoms with Crippen LogP contribution in [0.3, 0.4) is 0 Å². The van der Waals surface area contributed by atoms with Crippen LogP contribution in [0.25, 0.3) is 0 Å². The van der Waals surface area contributed by atoms with Gasteiger partial charge in [-0.15, -0.1) is 0 Å². The second-order valence-corrected chi connectivity index (χ2v) is 4.24. The van der Waals surface area contributed by atoms with E-state index in [9.17, 15) is 14.9 Å². The topological polar surface area (TPSA) is 107 Å². The number of nitrogens with zero attached hydrogens (tertiary/aromatic N) is 1. The molecule has 0 atom stereocenters. The number of anilines is 2. The number of nitrogens with two attached hydrogens (primary N) is 1. The number of fused-ring (bicyclic) bond motifs is 1. The molecular weight excluding hydrogens is 226 g/mol. The Bertz CT molecular complexity index is 525. The molecule has 0 aromatic heterocycles. The van der Waals surface area contributed by atoms with Crippen LogP contribution < -0.4 is 11.1 Å². The van der Waals surface area contributed by atoms with Gasteiger partial charge in [-0.2, -0.15) is 0 Å². The molecule has 0 aliphatic carbocycles. The minimum absolute atomic E-state index is 0.0431. The van der Waals surface area contributed by atoms with Gasteiger partial charge in [-0.05, 0) is 19.9 Å². The van der Waals surface area contributed by atoms with Crippen LogP contribution in [0.2, 0.25) is 0 Å². The van der Waals surface area contributed by atoms with Crippen LogP contribution >= 0.6 is 0 Å². The summed E-state index contributed by atoms with van der Waals surface area (Å²) in [6, 6.07) is 2.69. The summed E-state index contributed by atoms with van der Waals surface area (Å²) in [7, 11) is 0. The van der Waals surface area contributed by atoms with Crippen LogP contribution in [0.1, 0.15) is 19.4 Å². The Hall–Kier alpha value is -2.31. The lowest BCUT2D eigenvalue weighted by atomic mass is 9.94. The molecule has 90 valence electrons. The fraction of sp³-hybridized carbons (Fsp3) is 0.300. The molecule has 1 amide bonds. The van der Waals surface area contributed by atoms with Crippen molar-refractivity contribution in [2.24, 2.45) is 0 Å². The molecule has 1 aromatic rings. The molecule has 0 radical (unpaired) electrons. The number of carbonyl (C=O) groups excluding carboxylic acids is 1. The number of nitrogens with one attached hydrogen (secondary N) is 1. The van der Waals surface area contributed by atoms with Crippen molar-refractivity contribution in [2.75, 3.05) is 11.1 Å². The smallest absolute Gasteiger partial charge is 0.412 e. The summed E-state index contributed by atoms with van der Waals surface area (Å²) < 4.78 is 5.08. The normalized spacial score (nSPS) is 16.7. The molecule has 0 fully saturated rings. The Morgan fingerprint density at radius 3 is 2.71 bits per heavy atom. The largest absolute Gasteiger partial charge is 0.438 e. The highest BCUT2D eigenvalue weighted by Crippen LogP contribution is 2.40. The second kappa shape index (κ2) is 3.34. The number of benzene rings is 1. The maximum absolute atomic E-state index is 11.3. The van der Waals surface area contributed by atoms with Gasteiger partial charge in [0.2, 0.25) is 0 Å². The standard InChI is InChI=1S/C10H11N3O4/c1-10(2)5-3-6(11)8(13(15)16)4-7(5)12-9(14)17-10/h3-4H,11H2,1-2H3,(H,12,14). The summed E-state index contributed by atoms with van der Waals surface area (Å²) in [5, 5.41) is 13.1. The van der Waals surface area contributed by atoms with Crippen LogP contribution in [0.15, 0.2) is 12.1 Å². The van der Waals surface area contributed by atoms with E-state index in [2.05, 4.69) is 5.32 Å². The Balaban J connectivity index is 2.64. The molecule has 7 heteroatoms. The lowest BCUT2D eigenvalue weighted by Crippen LogP contribution is -2.34. The fourth-order valence-corrected chi connectivity index (χ4v) is 1.79. The van der Waals surface area contributed by atoms with Crippen LogP contribution in [-0.2, 0) is 10.3 Å². The first-order valence-electron chi connectivity index (χ1n) is 4.89. The van der Waals surface area contributed by atoms with Crippen molar-refractivity contribution in [1.29, 1.82) is 0 Å². The number of nitro groups is 1. The summed E-state index contributed by atoms with van der Waals surface area (Å²) in [5.74, 6) is 0. The van der Waals surface area contributed by atoms with E-state index >= 15 is 0 Å². The first kappa shape index (κ1) is 11.2. The highest BCUT2D eigenvalue weighted by molar-refractivity contribution is 5.90. The third-order valence-electron chi connectivity index (χ3n) is 2.60. The second-order valence-electron chi connectivity index (χ2n) is 4.24. The van der Waals surface area contributed by atoms with Gasteiger partial charge in [-0.3, -0.25) is 15.4 Å². The Kier molecular flexibility index (Phi) is 2.20. The maximum Gasteiger partial charge on any atom is 0.412 e. The first-order chi connectivity index (χ1) is 7.81. The van der Waals surface area contributed by atoms with Crippen molar-refractivity contribution >= 4 is 23.2 Å². The molecule has 0 spiro atoms. The molecule has 0 saturated heterocycles. The molecule has 1 aliphatic rings. The van der Waals surface area contributed by atoms with E-state index in [0.29, 0.717) is 11.3 Å². The number of amides is 1. The maximum atomic E-state index is 11.3. The van der Waals surface area contributed by atoms with E-state index in [4.69, 9.17) is 10.5 Å². The number of hydrogen-bond donors (Lipinski definition) is 2. The number of nitro benzene ring substituents is 1. The lowest BCUT2D eigenvalue weighted by molar-refractivity contribution is -0.383. The van der Waals surface area contributed by atoms with E-state index < -0.39 is 16.6 Å². The average molecular weight is 237 g/mol. The minimum atomic E-state index is -0.860. The van der Waals surface area contributed by atoms with Gasteiger partial charge in [-0.25, -0.2) is 4.79 Å². The van der Waals surface area contributed by atoms with Crippen LogP contribution in [0.5, 0.6) is 0 Å². The third-order valence-corrected chi connectivity index (χ3v) is 2.60. The minimum Gasteiger partial charge on any atom is -0.438 e. The van der Waals surface area contributed by atoms with E-state index in [1.165, 1.54) is 12.1 Å². The van der Waals surface area contributed by atoms with Gasteiger partial charge in [0.15, 0.2) is 0 Å². The zero-order chi connectivity index (χ0) is 12.8. The first-order valence-corrected chi connectivity index (χ1v) is 4.89. The molecule has 1 aromatic carbocycles. The van der Waals surface area contributed by atoms with E-state index in [-0.39, 0.29) is 11.4 Å². The van der Waals surface area contributed by atoms with Gasteiger partial charge in [0.25, 0.3) is 5.69 Å². The summed E-state index contributed by atoms with van der Waals surface area (Å²) in [4.78, 5) is 21.4. The quantitative estimate of drug-likeness (QED) is 0.441. The van der Waals surface area contributed by atoms with Crippen LogP contribution in [-0.4, -0.2) is 11.0 Å². The molecule has 7 nitrogen and oxygen atoms in total.